The Morgan fingerprint density at radius 2 is 2.10 bits per heavy atom. The van der Waals surface area contributed by atoms with Gasteiger partial charge in [-0.15, -0.1) is 0 Å². The van der Waals surface area contributed by atoms with Crippen molar-refractivity contribution in [2.75, 3.05) is 31.5 Å². The standard InChI is InChI=1S/C14H23N5O/c1-2-10-19(12-4-8-15-9-5-12)11-13(20)18-14-16-6-3-7-17-14/h3,6-7,12,15H,2,4-5,8-11H2,1H3,(H,16,17,18,20). The molecule has 1 aliphatic heterocycles. The molecule has 2 N–H and O–H groups in total. The van der Waals surface area contributed by atoms with Gasteiger partial charge in [-0.25, -0.2) is 9.97 Å². The number of aromatic nitrogens is 2. The number of amides is 1. The minimum atomic E-state index is -0.0387. The van der Waals surface area contributed by atoms with E-state index in [-0.39, 0.29) is 5.91 Å². The third kappa shape index (κ3) is 4.54. The van der Waals surface area contributed by atoms with Gasteiger partial charge < -0.3 is 5.32 Å². The fourth-order valence-corrected chi connectivity index (χ4v) is 2.56. The molecule has 0 aromatic carbocycles. The van der Waals surface area contributed by atoms with E-state index >= 15 is 0 Å². The van der Waals surface area contributed by atoms with Crippen LogP contribution >= 0.6 is 0 Å². The summed E-state index contributed by atoms with van der Waals surface area (Å²) in [6, 6.07) is 2.23. The van der Waals surface area contributed by atoms with Crippen LogP contribution in [0.4, 0.5) is 5.95 Å². The number of carbonyl (C=O) groups is 1. The average Bonchev–Trinajstić information content (AvgIpc) is 2.49. The van der Waals surface area contributed by atoms with Crippen LogP contribution in [0.5, 0.6) is 0 Å². The number of piperidine rings is 1. The third-order valence-corrected chi connectivity index (χ3v) is 3.50. The van der Waals surface area contributed by atoms with Crippen molar-refractivity contribution in [3.63, 3.8) is 0 Å². The first-order valence-corrected chi connectivity index (χ1v) is 7.31. The molecule has 6 heteroatoms. The summed E-state index contributed by atoms with van der Waals surface area (Å²) in [5.74, 6) is 0.336. The zero-order chi connectivity index (χ0) is 14.2. The van der Waals surface area contributed by atoms with Gasteiger partial charge in [-0.2, -0.15) is 0 Å². The van der Waals surface area contributed by atoms with Gasteiger partial charge in [-0.3, -0.25) is 15.0 Å². The molecule has 0 saturated carbocycles. The summed E-state index contributed by atoms with van der Waals surface area (Å²) in [5, 5.41) is 6.11. The van der Waals surface area contributed by atoms with E-state index in [0.717, 1.165) is 38.9 Å². The predicted octanol–water partition coefficient (Wildman–Crippen LogP) is 0.879. The molecular weight excluding hydrogens is 254 g/mol. The molecule has 0 aliphatic carbocycles. The van der Waals surface area contributed by atoms with E-state index < -0.39 is 0 Å². The summed E-state index contributed by atoms with van der Waals surface area (Å²) >= 11 is 0. The van der Waals surface area contributed by atoms with Crippen LogP contribution in [-0.4, -0.2) is 53.0 Å². The molecule has 1 saturated heterocycles. The highest BCUT2D eigenvalue weighted by Gasteiger charge is 2.22. The quantitative estimate of drug-likeness (QED) is 0.808. The van der Waals surface area contributed by atoms with Gasteiger partial charge in [0.25, 0.3) is 0 Å². The molecule has 110 valence electrons. The van der Waals surface area contributed by atoms with E-state index in [4.69, 9.17) is 0 Å². The molecule has 0 radical (unpaired) electrons. The first kappa shape index (κ1) is 14.9. The van der Waals surface area contributed by atoms with E-state index in [1.165, 1.54) is 0 Å². The van der Waals surface area contributed by atoms with Crippen molar-refractivity contribution in [2.24, 2.45) is 0 Å². The second kappa shape index (κ2) is 7.91. The molecule has 0 atom stereocenters. The molecule has 0 spiro atoms. The minimum absolute atomic E-state index is 0.0387. The van der Waals surface area contributed by atoms with Gasteiger partial charge in [0.2, 0.25) is 11.9 Å². The molecule has 2 rings (SSSR count). The lowest BCUT2D eigenvalue weighted by molar-refractivity contribution is -0.118. The lowest BCUT2D eigenvalue weighted by atomic mass is 10.0. The molecular formula is C14H23N5O. The first-order valence-electron chi connectivity index (χ1n) is 7.31. The SMILES string of the molecule is CCCN(CC(=O)Nc1ncccn1)C1CCNCC1. The van der Waals surface area contributed by atoms with Crippen LogP contribution in [0.25, 0.3) is 0 Å². The molecule has 1 amide bonds. The van der Waals surface area contributed by atoms with Crippen molar-refractivity contribution >= 4 is 11.9 Å². The number of hydrogen-bond donors (Lipinski definition) is 2. The summed E-state index contributed by atoms with van der Waals surface area (Å²) in [7, 11) is 0. The number of rotatable bonds is 6. The van der Waals surface area contributed by atoms with Gasteiger partial charge in [0.05, 0.1) is 6.54 Å². The van der Waals surface area contributed by atoms with Crippen LogP contribution in [0.15, 0.2) is 18.5 Å². The maximum absolute atomic E-state index is 12.1. The van der Waals surface area contributed by atoms with E-state index in [0.29, 0.717) is 18.5 Å². The van der Waals surface area contributed by atoms with Crippen molar-refractivity contribution in [3.8, 4) is 0 Å². The van der Waals surface area contributed by atoms with E-state index in [2.05, 4.69) is 32.4 Å². The van der Waals surface area contributed by atoms with Gasteiger partial charge in [-0.1, -0.05) is 6.92 Å². The predicted molar refractivity (Wildman–Crippen MR) is 78.4 cm³/mol. The zero-order valence-corrected chi connectivity index (χ0v) is 12.0. The Labute approximate surface area is 120 Å². The Morgan fingerprint density at radius 1 is 1.40 bits per heavy atom. The monoisotopic (exact) mass is 277 g/mol. The molecule has 1 aromatic rings. The van der Waals surface area contributed by atoms with Crippen LogP contribution in [0.3, 0.4) is 0 Å². The van der Waals surface area contributed by atoms with Crippen LogP contribution < -0.4 is 10.6 Å². The number of nitrogens with one attached hydrogen (secondary N) is 2. The van der Waals surface area contributed by atoms with Gasteiger partial charge in [0.15, 0.2) is 0 Å². The lowest BCUT2D eigenvalue weighted by Gasteiger charge is -2.33. The Kier molecular flexibility index (Phi) is 5.88. The van der Waals surface area contributed by atoms with Crippen molar-refractivity contribution in [2.45, 2.75) is 32.2 Å². The second-order valence-electron chi connectivity index (χ2n) is 5.07. The Bertz CT molecular complexity index is 405. The summed E-state index contributed by atoms with van der Waals surface area (Å²) in [6.07, 6.45) is 6.52. The van der Waals surface area contributed by atoms with Gasteiger partial charge in [0.1, 0.15) is 0 Å². The lowest BCUT2D eigenvalue weighted by Crippen LogP contribution is -2.46. The van der Waals surface area contributed by atoms with E-state index in [1.807, 2.05) is 0 Å². The highest BCUT2D eigenvalue weighted by molar-refractivity contribution is 5.90. The second-order valence-corrected chi connectivity index (χ2v) is 5.07. The number of carbonyl (C=O) groups excluding carboxylic acids is 1. The summed E-state index contributed by atoms with van der Waals surface area (Å²) in [4.78, 5) is 22.4. The number of hydrogen-bond acceptors (Lipinski definition) is 5. The fourth-order valence-electron chi connectivity index (χ4n) is 2.56. The average molecular weight is 277 g/mol. The highest BCUT2D eigenvalue weighted by atomic mass is 16.2. The molecule has 6 nitrogen and oxygen atoms in total. The van der Waals surface area contributed by atoms with E-state index in [1.54, 1.807) is 18.5 Å². The highest BCUT2D eigenvalue weighted by Crippen LogP contribution is 2.12. The maximum atomic E-state index is 12.1. The molecule has 0 bridgehead atoms. The molecule has 2 heterocycles. The molecule has 1 fully saturated rings. The topological polar surface area (TPSA) is 70.2 Å². The van der Waals surface area contributed by atoms with Crippen molar-refractivity contribution in [1.82, 2.24) is 20.2 Å². The third-order valence-electron chi connectivity index (χ3n) is 3.50. The molecule has 20 heavy (non-hydrogen) atoms. The van der Waals surface area contributed by atoms with Gasteiger partial charge in [0, 0.05) is 18.4 Å². The Balaban J connectivity index is 1.88. The van der Waals surface area contributed by atoms with Crippen LogP contribution in [-0.2, 0) is 4.79 Å². The normalized spacial score (nSPS) is 16.3. The summed E-state index contributed by atoms with van der Waals surface area (Å²) in [6.45, 7) is 5.58. The molecule has 0 unspecified atom stereocenters. The summed E-state index contributed by atoms with van der Waals surface area (Å²) < 4.78 is 0. The fraction of sp³-hybridized carbons (Fsp3) is 0.643. The Morgan fingerprint density at radius 3 is 2.75 bits per heavy atom. The van der Waals surface area contributed by atoms with Gasteiger partial charge >= 0.3 is 0 Å². The first-order chi connectivity index (χ1) is 9.79. The van der Waals surface area contributed by atoms with Crippen molar-refractivity contribution in [3.05, 3.63) is 18.5 Å². The summed E-state index contributed by atoms with van der Waals surface area (Å²) in [5.41, 5.74) is 0. The maximum Gasteiger partial charge on any atom is 0.240 e. The molecule has 1 aliphatic rings. The van der Waals surface area contributed by atoms with E-state index in [9.17, 15) is 4.79 Å². The van der Waals surface area contributed by atoms with Gasteiger partial charge in [-0.05, 0) is 45.0 Å². The van der Waals surface area contributed by atoms with Crippen LogP contribution in [0.1, 0.15) is 26.2 Å². The van der Waals surface area contributed by atoms with Crippen molar-refractivity contribution in [1.29, 1.82) is 0 Å². The zero-order valence-electron chi connectivity index (χ0n) is 12.0. The minimum Gasteiger partial charge on any atom is -0.317 e. The smallest absolute Gasteiger partial charge is 0.240 e. The molecule has 1 aromatic heterocycles. The number of nitrogens with zero attached hydrogens (tertiary/aromatic N) is 3. The Hall–Kier alpha value is -1.53. The van der Waals surface area contributed by atoms with Crippen LogP contribution in [0, 0.1) is 0 Å². The van der Waals surface area contributed by atoms with Crippen LogP contribution in [0.2, 0.25) is 0 Å². The largest absolute Gasteiger partial charge is 0.317 e. The van der Waals surface area contributed by atoms with Crippen molar-refractivity contribution < 1.29 is 4.79 Å². The number of anilines is 1.